The van der Waals surface area contributed by atoms with Crippen LogP contribution in [0, 0.1) is 10.1 Å². The summed E-state index contributed by atoms with van der Waals surface area (Å²) in [6.45, 7) is 1.37. The van der Waals surface area contributed by atoms with E-state index >= 15 is 0 Å². The third-order valence-corrected chi connectivity index (χ3v) is 3.34. The van der Waals surface area contributed by atoms with Gasteiger partial charge in [-0.15, -0.1) is 0 Å². The first-order valence-electron chi connectivity index (χ1n) is 7.16. The van der Waals surface area contributed by atoms with Gasteiger partial charge >= 0.3 is 5.69 Å². The number of amides is 2. The average Bonchev–Trinajstić information content (AvgIpc) is 2.57. The molecule has 2 aromatic carbocycles. The molecule has 0 aliphatic heterocycles. The van der Waals surface area contributed by atoms with Crippen LogP contribution in [0.5, 0.6) is 5.75 Å². The van der Waals surface area contributed by atoms with Gasteiger partial charge in [0, 0.05) is 34.8 Å². The number of rotatable bonds is 5. The van der Waals surface area contributed by atoms with Gasteiger partial charge in [0.25, 0.3) is 5.91 Å². The molecule has 0 saturated carbocycles. The molecule has 0 fully saturated rings. The van der Waals surface area contributed by atoms with Crippen LogP contribution >= 0.6 is 11.6 Å². The molecule has 0 aliphatic rings. The van der Waals surface area contributed by atoms with Crippen LogP contribution < -0.4 is 10.7 Å². The zero-order chi connectivity index (χ0) is 19.3. The van der Waals surface area contributed by atoms with Crippen molar-refractivity contribution in [1.29, 1.82) is 0 Å². The molecule has 0 aromatic heterocycles. The van der Waals surface area contributed by atoms with E-state index in [9.17, 15) is 24.8 Å². The number of nitrogens with zero attached hydrogens (tertiary/aromatic N) is 2. The van der Waals surface area contributed by atoms with E-state index in [1.54, 1.807) is 12.1 Å². The van der Waals surface area contributed by atoms with E-state index in [4.69, 9.17) is 11.6 Å². The van der Waals surface area contributed by atoms with Crippen molar-refractivity contribution in [2.24, 2.45) is 5.10 Å². The Morgan fingerprint density at radius 1 is 1.27 bits per heavy atom. The molecule has 0 saturated heterocycles. The Bertz CT molecular complexity index is 896. The Labute approximate surface area is 152 Å². The number of hydrogen-bond donors (Lipinski definition) is 3. The van der Waals surface area contributed by atoms with Crippen LogP contribution in [0.4, 0.5) is 11.4 Å². The molecule has 2 rings (SSSR count). The normalized spacial score (nSPS) is 10.5. The van der Waals surface area contributed by atoms with E-state index in [1.807, 2.05) is 0 Å². The molecule has 0 bridgehead atoms. The fourth-order valence-electron chi connectivity index (χ4n) is 1.98. The smallest absolute Gasteiger partial charge is 0.312 e. The molecule has 0 aliphatic carbocycles. The minimum Gasteiger partial charge on any atom is -0.502 e. The lowest BCUT2D eigenvalue weighted by Crippen LogP contribution is -2.17. The average molecular weight is 377 g/mol. The SMILES string of the molecule is CC(=O)Nc1ccc(C(=O)N/N=C/c2cc(Cl)cc([N+](=O)[O-])c2O)cc1. The van der Waals surface area contributed by atoms with Crippen molar-refractivity contribution in [3.8, 4) is 5.75 Å². The first kappa shape index (κ1) is 18.9. The van der Waals surface area contributed by atoms with Gasteiger partial charge in [0.05, 0.1) is 11.1 Å². The zero-order valence-corrected chi connectivity index (χ0v) is 14.1. The largest absolute Gasteiger partial charge is 0.502 e. The van der Waals surface area contributed by atoms with E-state index in [2.05, 4.69) is 15.8 Å². The molecule has 134 valence electrons. The fraction of sp³-hybridized carbons (Fsp3) is 0.0625. The van der Waals surface area contributed by atoms with Crippen LogP contribution in [0.25, 0.3) is 0 Å². The van der Waals surface area contributed by atoms with E-state index in [0.29, 0.717) is 5.69 Å². The molecular formula is C16H13ClN4O5. The second-order valence-electron chi connectivity index (χ2n) is 5.08. The lowest BCUT2D eigenvalue weighted by molar-refractivity contribution is -0.385. The lowest BCUT2D eigenvalue weighted by Gasteiger charge is -2.04. The number of nitro benzene ring substituents is 1. The number of carbonyl (C=O) groups is 2. The fourth-order valence-corrected chi connectivity index (χ4v) is 2.20. The number of aromatic hydroxyl groups is 1. The Balaban J connectivity index is 2.10. The van der Waals surface area contributed by atoms with E-state index in [1.165, 1.54) is 25.1 Å². The Hall–Kier alpha value is -3.46. The van der Waals surface area contributed by atoms with Crippen LogP contribution in [0.3, 0.4) is 0 Å². The third kappa shape index (κ3) is 4.77. The Kier molecular flexibility index (Phi) is 5.86. The van der Waals surface area contributed by atoms with Crippen molar-refractivity contribution in [3.63, 3.8) is 0 Å². The van der Waals surface area contributed by atoms with Crippen molar-refractivity contribution < 1.29 is 19.6 Å². The molecule has 3 N–H and O–H groups in total. The number of nitro groups is 1. The van der Waals surface area contributed by atoms with Crippen LogP contribution in [0.1, 0.15) is 22.8 Å². The summed E-state index contributed by atoms with van der Waals surface area (Å²) in [6, 6.07) is 8.33. The summed E-state index contributed by atoms with van der Waals surface area (Å²) in [6.07, 6.45) is 1.04. The lowest BCUT2D eigenvalue weighted by atomic mass is 10.2. The van der Waals surface area contributed by atoms with Crippen molar-refractivity contribution in [2.75, 3.05) is 5.32 Å². The Morgan fingerprint density at radius 3 is 2.50 bits per heavy atom. The quantitative estimate of drug-likeness (QED) is 0.419. The predicted molar refractivity (Wildman–Crippen MR) is 95.6 cm³/mol. The van der Waals surface area contributed by atoms with Gasteiger partial charge in [-0.25, -0.2) is 5.43 Å². The number of hydrogen-bond acceptors (Lipinski definition) is 6. The second kappa shape index (κ2) is 8.08. The second-order valence-corrected chi connectivity index (χ2v) is 5.51. The molecule has 10 heteroatoms. The summed E-state index contributed by atoms with van der Waals surface area (Å²) in [5, 5.41) is 26.9. The van der Waals surface area contributed by atoms with Crippen LogP contribution in [0.15, 0.2) is 41.5 Å². The van der Waals surface area contributed by atoms with E-state index < -0.39 is 22.3 Å². The van der Waals surface area contributed by atoms with Crippen molar-refractivity contribution in [2.45, 2.75) is 6.92 Å². The number of anilines is 1. The molecule has 0 heterocycles. The molecule has 0 unspecified atom stereocenters. The number of nitrogens with one attached hydrogen (secondary N) is 2. The zero-order valence-electron chi connectivity index (χ0n) is 13.4. The van der Waals surface area contributed by atoms with Gasteiger partial charge in [0.1, 0.15) is 0 Å². The molecule has 0 atom stereocenters. The topological polar surface area (TPSA) is 134 Å². The maximum Gasteiger partial charge on any atom is 0.312 e. The highest BCUT2D eigenvalue weighted by atomic mass is 35.5. The summed E-state index contributed by atoms with van der Waals surface area (Å²) in [5.74, 6) is -1.40. The summed E-state index contributed by atoms with van der Waals surface area (Å²) >= 11 is 5.76. The first-order valence-corrected chi connectivity index (χ1v) is 7.53. The van der Waals surface area contributed by atoms with Gasteiger partial charge in [-0.3, -0.25) is 19.7 Å². The monoisotopic (exact) mass is 376 g/mol. The van der Waals surface area contributed by atoms with Gasteiger partial charge in [0.15, 0.2) is 0 Å². The highest BCUT2D eigenvalue weighted by Crippen LogP contribution is 2.32. The number of benzene rings is 2. The summed E-state index contributed by atoms with van der Waals surface area (Å²) in [5.41, 5.74) is 2.44. The van der Waals surface area contributed by atoms with Crippen LogP contribution in [0.2, 0.25) is 5.02 Å². The Morgan fingerprint density at radius 2 is 1.92 bits per heavy atom. The van der Waals surface area contributed by atoms with Crippen molar-refractivity contribution in [3.05, 3.63) is 62.7 Å². The van der Waals surface area contributed by atoms with Crippen molar-refractivity contribution >= 4 is 41.0 Å². The predicted octanol–water partition coefficient (Wildman–Crippen LogP) is 2.68. The van der Waals surface area contributed by atoms with E-state index in [0.717, 1.165) is 12.3 Å². The molecule has 0 spiro atoms. The number of hydrazone groups is 1. The highest BCUT2D eigenvalue weighted by Gasteiger charge is 2.17. The third-order valence-electron chi connectivity index (χ3n) is 3.12. The summed E-state index contributed by atoms with van der Waals surface area (Å²) < 4.78 is 0. The molecule has 0 radical (unpaired) electrons. The van der Waals surface area contributed by atoms with Gasteiger partial charge in [-0.2, -0.15) is 5.10 Å². The van der Waals surface area contributed by atoms with Crippen LogP contribution in [-0.2, 0) is 4.79 Å². The van der Waals surface area contributed by atoms with Gasteiger partial charge in [0.2, 0.25) is 11.7 Å². The van der Waals surface area contributed by atoms with Gasteiger partial charge in [-0.05, 0) is 30.3 Å². The molecule has 26 heavy (non-hydrogen) atoms. The molecule has 2 amide bonds. The van der Waals surface area contributed by atoms with E-state index in [-0.39, 0.29) is 22.1 Å². The maximum atomic E-state index is 12.0. The van der Waals surface area contributed by atoms with Crippen molar-refractivity contribution in [1.82, 2.24) is 5.43 Å². The number of phenols is 1. The van der Waals surface area contributed by atoms with Crippen LogP contribution in [-0.4, -0.2) is 28.1 Å². The standard InChI is InChI=1S/C16H13ClN4O5/c1-9(22)19-13-4-2-10(3-5-13)16(24)20-18-8-11-6-12(17)7-14(15(11)23)21(25)26/h2-8,23H,1H3,(H,19,22)(H,20,24)/b18-8+. The number of phenolic OH excluding ortho intramolecular Hbond substituents is 1. The molecular weight excluding hydrogens is 364 g/mol. The molecule has 2 aromatic rings. The maximum absolute atomic E-state index is 12.0. The summed E-state index contributed by atoms with van der Waals surface area (Å²) in [4.78, 5) is 33.0. The highest BCUT2D eigenvalue weighted by molar-refractivity contribution is 6.31. The minimum atomic E-state index is -0.784. The first-order chi connectivity index (χ1) is 12.3. The molecule has 9 nitrogen and oxygen atoms in total. The number of halogens is 1. The van der Waals surface area contributed by atoms with Gasteiger partial charge in [-0.1, -0.05) is 11.6 Å². The summed E-state index contributed by atoms with van der Waals surface area (Å²) in [7, 11) is 0. The van der Waals surface area contributed by atoms with Gasteiger partial charge < -0.3 is 10.4 Å². The number of carbonyl (C=O) groups excluding carboxylic acids is 2. The minimum absolute atomic E-state index is 0.0227.